The molecular formula is C45H79N. The third kappa shape index (κ3) is 20.1. The van der Waals surface area contributed by atoms with Gasteiger partial charge in [-0.2, -0.15) is 0 Å². The Kier molecular flexibility index (Phi) is 25.4. The van der Waals surface area contributed by atoms with Crippen LogP contribution in [0.5, 0.6) is 0 Å². The Morgan fingerprint density at radius 2 is 0.761 bits per heavy atom. The van der Waals surface area contributed by atoms with Gasteiger partial charge in [0.2, 0.25) is 0 Å². The predicted molar refractivity (Wildman–Crippen MR) is 208 cm³/mol. The third-order valence-corrected chi connectivity index (χ3v) is 10.8. The number of fused-ring (bicyclic) bond motifs is 1. The maximum Gasteiger partial charge on any atom is 0.0705 e. The summed E-state index contributed by atoms with van der Waals surface area (Å²) in [7, 11) is 0. The molecule has 1 heteroatoms. The molecule has 1 aromatic heterocycles. The first kappa shape index (κ1) is 40.8. The zero-order chi connectivity index (χ0) is 32.9. The van der Waals surface area contributed by atoms with E-state index in [2.05, 4.69) is 58.2 Å². The van der Waals surface area contributed by atoms with Crippen LogP contribution in [0.2, 0.25) is 0 Å². The van der Waals surface area contributed by atoms with Gasteiger partial charge >= 0.3 is 0 Å². The number of benzene rings is 1. The van der Waals surface area contributed by atoms with Crippen molar-refractivity contribution in [2.24, 2.45) is 0 Å². The van der Waals surface area contributed by atoms with E-state index in [4.69, 9.17) is 4.98 Å². The number of aromatic nitrogens is 1. The molecule has 0 bridgehead atoms. The molecule has 0 saturated carbocycles. The van der Waals surface area contributed by atoms with Crippen LogP contribution in [-0.2, 0) is 0 Å². The third-order valence-electron chi connectivity index (χ3n) is 10.8. The number of pyridine rings is 1. The molecule has 2 unspecified atom stereocenters. The molecular weight excluding hydrogens is 555 g/mol. The Morgan fingerprint density at radius 1 is 0.413 bits per heavy atom. The molecule has 0 aliphatic rings. The van der Waals surface area contributed by atoms with Crippen LogP contribution in [0.1, 0.15) is 243 Å². The zero-order valence-electron chi connectivity index (χ0n) is 31.7. The quantitative estimate of drug-likeness (QED) is 0.0730. The van der Waals surface area contributed by atoms with E-state index in [0.29, 0.717) is 11.8 Å². The fourth-order valence-electron chi connectivity index (χ4n) is 7.35. The van der Waals surface area contributed by atoms with Crippen molar-refractivity contribution >= 4 is 10.9 Å². The molecule has 264 valence electrons. The van der Waals surface area contributed by atoms with Crippen LogP contribution in [0, 0.1) is 0 Å². The lowest BCUT2D eigenvalue weighted by molar-refractivity contribution is 0.524. The topological polar surface area (TPSA) is 12.9 Å². The highest BCUT2D eigenvalue weighted by molar-refractivity contribution is 5.80. The van der Waals surface area contributed by atoms with E-state index >= 15 is 0 Å². The van der Waals surface area contributed by atoms with Crippen molar-refractivity contribution in [2.45, 2.75) is 232 Å². The number of nitrogens with zero attached hydrogens (tertiary/aromatic N) is 1. The van der Waals surface area contributed by atoms with Gasteiger partial charge in [0, 0.05) is 11.6 Å². The summed E-state index contributed by atoms with van der Waals surface area (Å²) >= 11 is 0. The lowest BCUT2D eigenvalue weighted by Crippen LogP contribution is -1.97. The van der Waals surface area contributed by atoms with E-state index in [1.807, 2.05) is 0 Å². The highest BCUT2D eigenvalue weighted by Gasteiger charge is 2.10. The second-order valence-electron chi connectivity index (χ2n) is 15.3. The van der Waals surface area contributed by atoms with E-state index in [0.717, 1.165) is 0 Å². The summed E-state index contributed by atoms with van der Waals surface area (Å²) in [5.41, 5.74) is 4.07. The first-order valence-corrected chi connectivity index (χ1v) is 21.0. The Morgan fingerprint density at radius 3 is 1.15 bits per heavy atom. The molecule has 2 rings (SSSR count). The van der Waals surface area contributed by atoms with E-state index < -0.39 is 0 Å². The van der Waals surface area contributed by atoms with Crippen molar-refractivity contribution in [3.63, 3.8) is 0 Å². The average molecular weight is 634 g/mol. The normalized spacial score (nSPS) is 13.0. The summed E-state index contributed by atoms with van der Waals surface area (Å²) < 4.78 is 0. The molecule has 0 aliphatic heterocycles. The molecule has 1 aromatic carbocycles. The Hall–Kier alpha value is -1.37. The van der Waals surface area contributed by atoms with Crippen molar-refractivity contribution in [1.29, 1.82) is 0 Å². The van der Waals surface area contributed by atoms with Crippen LogP contribution in [-0.4, -0.2) is 4.98 Å². The smallest absolute Gasteiger partial charge is 0.0705 e. The van der Waals surface area contributed by atoms with Gasteiger partial charge in [-0.3, -0.25) is 4.98 Å². The van der Waals surface area contributed by atoms with Crippen molar-refractivity contribution in [3.8, 4) is 0 Å². The average Bonchev–Trinajstić information content (AvgIpc) is 3.07. The van der Waals surface area contributed by atoms with Gasteiger partial charge in [-0.1, -0.05) is 220 Å². The number of unbranched alkanes of at least 4 members (excludes halogenated alkanes) is 26. The van der Waals surface area contributed by atoms with Crippen LogP contribution in [0.4, 0.5) is 0 Å². The van der Waals surface area contributed by atoms with E-state index in [1.165, 1.54) is 215 Å². The molecule has 0 saturated heterocycles. The van der Waals surface area contributed by atoms with E-state index in [1.54, 1.807) is 0 Å². The van der Waals surface area contributed by atoms with Crippen molar-refractivity contribution in [1.82, 2.24) is 4.98 Å². The predicted octanol–water partition coefficient (Wildman–Crippen LogP) is 16.2. The zero-order valence-corrected chi connectivity index (χ0v) is 31.7. The minimum atomic E-state index is 0.605. The Labute approximate surface area is 288 Å². The molecule has 0 radical (unpaired) electrons. The maximum absolute atomic E-state index is 4.94. The first-order chi connectivity index (χ1) is 22.7. The summed E-state index contributed by atoms with van der Waals surface area (Å²) in [5.74, 6) is 1.23. The number of hydrogen-bond donors (Lipinski definition) is 0. The number of rotatable bonds is 32. The fourth-order valence-corrected chi connectivity index (χ4v) is 7.35. The van der Waals surface area contributed by atoms with Gasteiger partial charge < -0.3 is 0 Å². The lowest BCUT2D eigenvalue weighted by atomic mass is 9.92. The first-order valence-electron chi connectivity index (χ1n) is 21.0. The molecule has 0 N–H and O–H groups in total. The van der Waals surface area contributed by atoms with Crippen molar-refractivity contribution in [3.05, 3.63) is 41.6 Å². The second-order valence-corrected chi connectivity index (χ2v) is 15.3. The minimum absolute atomic E-state index is 0.605. The van der Waals surface area contributed by atoms with Gasteiger partial charge in [0.15, 0.2) is 0 Å². The molecule has 1 nitrogen and oxygen atoms in total. The largest absolute Gasteiger partial charge is 0.256 e. The standard InChI is InChI=1S/C45H79N/c1-5-7-9-11-13-15-17-19-21-23-25-27-29-31-33-40(3)42-35-36-43-37-44(39-46-45(43)38-42)41(4)34-32-30-28-26-24-22-20-18-16-14-12-10-8-6-2/h35-41H,5-34H2,1-4H3. The number of hydrogen-bond acceptors (Lipinski definition) is 1. The van der Waals surface area contributed by atoms with Crippen LogP contribution in [0.25, 0.3) is 10.9 Å². The molecule has 0 amide bonds. The van der Waals surface area contributed by atoms with Gasteiger partial charge in [-0.25, -0.2) is 0 Å². The van der Waals surface area contributed by atoms with Crippen LogP contribution >= 0.6 is 0 Å². The van der Waals surface area contributed by atoms with Gasteiger partial charge in [-0.15, -0.1) is 0 Å². The Bertz CT molecular complexity index is 870. The van der Waals surface area contributed by atoms with Gasteiger partial charge in [0.05, 0.1) is 5.52 Å². The van der Waals surface area contributed by atoms with Crippen molar-refractivity contribution in [2.75, 3.05) is 0 Å². The second kappa shape index (κ2) is 28.6. The monoisotopic (exact) mass is 634 g/mol. The molecule has 2 atom stereocenters. The van der Waals surface area contributed by atoms with Crippen LogP contribution in [0.3, 0.4) is 0 Å². The van der Waals surface area contributed by atoms with Gasteiger partial charge in [0.1, 0.15) is 0 Å². The van der Waals surface area contributed by atoms with Gasteiger partial charge in [-0.05, 0) is 47.9 Å². The van der Waals surface area contributed by atoms with Crippen LogP contribution < -0.4 is 0 Å². The molecule has 0 aliphatic carbocycles. The molecule has 46 heavy (non-hydrogen) atoms. The van der Waals surface area contributed by atoms with Crippen LogP contribution in [0.15, 0.2) is 30.5 Å². The van der Waals surface area contributed by atoms with Crippen molar-refractivity contribution < 1.29 is 0 Å². The van der Waals surface area contributed by atoms with E-state index in [-0.39, 0.29) is 0 Å². The summed E-state index contributed by atoms with van der Waals surface area (Å²) in [6.45, 7) is 9.42. The maximum atomic E-state index is 4.94. The lowest BCUT2D eigenvalue weighted by Gasteiger charge is -2.15. The SMILES string of the molecule is CCCCCCCCCCCCCCCCC(C)c1cnc2cc(C(C)CCCCCCCCCCCCCCCC)ccc2c1. The molecule has 0 spiro atoms. The van der Waals surface area contributed by atoms with E-state index in [9.17, 15) is 0 Å². The highest BCUT2D eigenvalue weighted by atomic mass is 14.7. The molecule has 2 aromatic rings. The highest BCUT2D eigenvalue weighted by Crippen LogP contribution is 2.28. The summed E-state index contributed by atoms with van der Waals surface area (Å²) in [5, 5.41) is 1.32. The Balaban J connectivity index is 1.50. The summed E-state index contributed by atoms with van der Waals surface area (Å²) in [6.07, 6.45) is 44.9. The van der Waals surface area contributed by atoms with Gasteiger partial charge in [0.25, 0.3) is 0 Å². The molecule has 1 heterocycles. The fraction of sp³-hybridized carbons (Fsp3) is 0.800. The summed E-state index contributed by atoms with van der Waals surface area (Å²) in [6, 6.07) is 9.49. The minimum Gasteiger partial charge on any atom is -0.256 e. The summed E-state index contributed by atoms with van der Waals surface area (Å²) in [4.78, 5) is 4.94. The molecule has 0 fully saturated rings.